The summed E-state index contributed by atoms with van der Waals surface area (Å²) in [4.78, 5) is 25.1. The van der Waals surface area contributed by atoms with Crippen LogP contribution in [0.25, 0.3) is 0 Å². The number of carboxylic acids is 1. The summed E-state index contributed by atoms with van der Waals surface area (Å²) < 4.78 is 0. The molecule has 1 amide bonds. The smallest absolute Gasteiger partial charge is 0.320 e. The quantitative estimate of drug-likeness (QED) is 0.648. The van der Waals surface area contributed by atoms with Gasteiger partial charge < -0.3 is 10.0 Å². The first-order valence-corrected chi connectivity index (χ1v) is 7.51. The molecule has 21 heavy (non-hydrogen) atoms. The number of carboxylic acid groups (broad SMARTS) is 1. The van der Waals surface area contributed by atoms with Crippen LogP contribution in [0.1, 0.15) is 47.5 Å². The van der Waals surface area contributed by atoms with Crippen LogP contribution < -0.4 is 5.32 Å². The Labute approximate surface area is 134 Å². The van der Waals surface area contributed by atoms with Crippen molar-refractivity contribution in [3.8, 4) is 0 Å². The van der Waals surface area contributed by atoms with E-state index in [1.54, 1.807) is 0 Å². The topological polar surface area (TPSA) is 69.6 Å². The average Bonchev–Trinajstić information content (AvgIpc) is 2.31. The van der Waals surface area contributed by atoms with Crippen LogP contribution in [0.2, 0.25) is 0 Å². The Morgan fingerprint density at radius 3 is 1.90 bits per heavy atom. The summed E-state index contributed by atoms with van der Waals surface area (Å²) in [7, 11) is 0. The molecule has 0 saturated heterocycles. The maximum absolute atomic E-state index is 12.2. The Bertz CT molecular complexity index is 299. The number of aliphatic carboxylic acids is 1. The third kappa shape index (κ3) is 10.5. The molecule has 0 bridgehead atoms. The fraction of sp³-hybridized carbons (Fsp3) is 0.867. The first kappa shape index (κ1) is 22.5. The molecular weight excluding hydrogens is 292 g/mol. The minimum Gasteiger partial charge on any atom is -0.480 e. The molecule has 0 aliphatic carbocycles. The number of hydrogen-bond donors (Lipinski definition) is 2. The predicted octanol–water partition coefficient (Wildman–Crippen LogP) is 2.39. The van der Waals surface area contributed by atoms with E-state index in [-0.39, 0.29) is 24.9 Å². The number of carbonyl (C=O) groups is 2. The van der Waals surface area contributed by atoms with Crippen molar-refractivity contribution in [3.63, 3.8) is 0 Å². The number of rotatable bonds is 10. The number of carbonyl (C=O) groups excluding carboxylic acids is 1. The number of halogens is 1. The van der Waals surface area contributed by atoms with Gasteiger partial charge in [-0.05, 0) is 18.3 Å². The molecule has 5 nitrogen and oxygen atoms in total. The van der Waals surface area contributed by atoms with Gasteiger partial charge in [0.1, 0.15) is 6.04 Å². The summed E-state index contributed by atoms with van der Waals surface area (Å²) in [5.41, 5.74) is 0. The zero-order valence-corrected chi connectivity index (χ0v) is 14.7. The van der Waals surface area contributed by atoms with Crippen molar-refractivity contribution in [2.45, 2.75) is 53.5 Å². The van der Waals surface area contributed by atoms with Gasteiger partial charge in [0, 0.05) is 13.1 Å². The molecule has 0 radical (unpaired) electrons. The third-order valence-electron chi connectivity index (χ3n) is 2.90. The van der Waals surface area contributed by atoms with Crippen molar-refractivity contribution in [2.24, 2.45) is 11.8 Å². The van der Waals surface area contributed by atoms with E-state index in [2.05, 4.69) is 33.0 Å². The van der Waals surface area contributed by atoms with Crippen LogP contribution in [-0.2, 0) is 9.59 Å². The van der Waals surface area contributed by atoms with Crippen LogP contribution >= 0.6 is 12.4 Å². The molecule has 0 aliphatic rings. The van der Waals surface area contributed by atoms with Crippen molar-refractivity contribution in [3.05, 3.63) is 0 Å². The van der Waals surface area contributed by atoms with E-state index >= 15 is 0 Å². The van der Waals surface area contributed by atoms with Crippen LogP contribution in [0.3, 0.4) is 0 Å². The minimum absolute atomic E-state index is 0. The Morgan fingerprint density at radius 2 is 1.57 bits per heavy atom. The SMILES string of the molecule is CCCC(NCC(=O)N(CC(C)C)CC(C)C)C(=O)O.Cl. The van der Waals surface area contributed by atoms with Crippen molar-refractivity contribution < 1.29 is 14.7 Å². The zero-order chi connectivity index (χ0) is 15.7. The highest BCUT2D eigenvalue weighted by Crippen LogP contribution is 2.05. The summed E-state index contributed by atoms with van der Waals surface area (Å²) in [6.45, 7) is 11.8. The van der Waals surface area contributed by atoms with Gasteiger partial charge in [0.2, 0.25) is 5.91 Å². The highest BCUT2D eigenvalue weighted by atomic mass is 35.5. The Kier molecular flexibility index (Phi) is 12.6. The minimum atomic E-state index is -0.890. The molecule has 126 valence electrons. The first-order valence-electron chi connectivity index (χ1n) is 7.51. The Morgan fingerprint density at radius 1 is 1.10 bits per heavy atom. The molecule has 0 fully saturated rings. The van der Waals surface area contributed by atoms with Gasteiger partial charge in [0.15, 0.2) is 0 Å². The van der Waals surface area contributed by atoms with E-state index < -0.39 is 12.0 Å². The molecule has 0 aliphatic heterocycles. The second-order valence-corrected chi connectivity index (χ2v) is 6.15. The number of nitrogens with one attached hydrogen (secondary N) is 1. The van der Waals surface area contributed by atoms with Crippen molar-refractivity contribution in [1.29, 1.82) is 0 Å². The van der Waals surface area contributed by atoms with E-state index in [1.807, 2.05) is 11.8 Å². The highest BCUT2D eigenvalue weighted by molar-refractivity contribution is 5.85. The molecular formula is C15H31ClN2O3. The molecule has 1 atom stereocenters. The summed E-state index contributed by atoms with van der Waals surface area (Å²) in [6, 6.07) is -0.635. The Hall–Kier alpha value is -0.810. The molecule has 0 heterocycles. The largest absolute Gasteiger partial charge is 0.480 e. The maximum atomic E-state index is 12.2. The predicted molar refractivity (Wildman–Crippen MR) is 87.8 cm³/mol. The maximum Gasteiger partial charge on any atom is 0.320 e. The number of nitrogens with zero attached hydrogens (tertiary/aromatic N) is 1. The lowest BCUT2D eigenvalue weighted by atomic mass is 10.1. The van der Waals surface area contributed by atoms with Gasteiger partial charge in [-0.15, -0.1) is 12.4 Å². The van der Waals surface area contributed by atoms with Crippen LogP contribution in [0.15, 0.2) is 0 Å². The molecule has 6 heteroatoms. The van der Waals surface area contributed by atoms with Crippen LogP contribution in [0.5, 0.6) is 0 Å². The van der Waals surface area contributed by atoms with E-state index in [0.29, 0.717) is 31.3 Å². The third-order valence-corrected chi connectivity index (χ3v) is 2.90. The van der Waals surface area contributed by atoms with Crippen molar-refractivity contribution in [1.82, 2.24) is 10.2 Å². The molecule has 0 saturated carbocycles. The fourth-order valence-electron chi connectivity index (χ4n) is 2.08. The first-order chi connectivity index (χ1) is 9.27. The van der Waals surface area contributed by atoms with E-state index in [1.165, 1.54) is 0 Å². The molecule has 0 spiro atoms. The lowest BCUT2D eigenvalue weighted by Crippen LogP contribution is -2.46. The fourth-order valence-corrected chi connectivity index (χ4v) is 2.08. The van der Waals surface area contributed by atoms with Crippen molar-refractivity contribution >= 4 is 24.3 Å². The van der Waals surface area contributed by atoms with E-state index in [0.717, 1.165) is 6.42 Å². The summed E-state index contributed by atoms with van der Waals surface area (Å²) in [5, 5.41) is 11.9. The second kappa shape index (κ2) is 11.8. The van der Waals surface area contributed by atoms with Crippen LogP contribution in [-0.4, -0.2) is 47.6 Å². The molecule has 2 N–H and O–H groups in total. The number of amides is 1. The highest BCUT2D eigenvalue weighted by Gasteiger charge is 2.20. The van der Waals surface area contributed by atoms with E-state index in [4.69, 9.17) is 5.11 Å². The van der Waals surface area contributed by atoms with Gasteiger partial charge in [-0.2, -0.15) is 0 Å². The molecule has 0 aromatic heterocycles. The van der Waals surface area contributed by atoms with Crippen molar-refractivity contribution in [2.75, 3.05) is 19.6 Å². The summed E-state index contributed by atoms with van der Waals surface area (Å²) >= 11 is 0. The normalized spacial score (nSPS) is 12.1. The summed E-state index contributed by atoms with van der Waals surface area (Å²) in [5.74, 6) is -0.0964. The van der Waals surface area contributed by atoms with Gasteiger partial charge in [0.25, 0.3) is 0 Å². The van der Waals surface area contributed by atoms with Crippen LogP contribution in [0.4, 0.5) is 0 Å². The standard InChI is InChI=1S/C15H30N2O3.ClH/c1-6-7-13(15(19)20)16-8-14(18)17(9-11(2)3)10-12(4)5;/h11-13,16H,6-10H2,1-5H3,(H,19,20);1H. The van der Waals surface area contributed by atoms with Gasteiger partial charge in [-0.25, -0.2) is 0 Å². The molecule has 0 rings (SSSR count). The second-order valence-electron chi connectivity index (χ2n) is 6.15. The monoisotopic (exact) mass is 322 g/mol. The Balaban J connectivity index is 0. The average molecular weight is 323 g/mol. The molecule has 0 aromatic rings. The van der Waals surface area contributed by atoms with Gasteiger partial charge in [-0.3, -0.25) is 14.9 Å². The van der Waals surface area contributed by atoms with E-state index in [9.17, 15) is 9.59 Å². The lowest BCUT2D eigenvalue weighted by molar-refractivity contribution is -0.140. The summed E-state index contributed by atoms with van der Waals surface area (Å²) in [6.07, 6.45) is 1.32. The van der Waals surface area contributed by atoms with Gasteiger partial charge in [0.05, 0.1) is 6.54 Å². The zero-order valence-electron chi connectivity index (χ0n) is 13.9. The number of hydrogen-bond acceptors (Lipinski definition) is 3. The lowest BCUT2D eigenvalue weighted by Gasteiger charge is -2.27. The molecule has 0 aromatic carbocycles. The molecule has 1 unspecified atom stereocenters. The van der Waals surface area contributed by atoms with Gasteiger partial charge in [-0.1, -0.05) is 41.0 Å². The van der Waals surface area contributed by atoms with Crippen LogP contribution in [0, 0.1) is 11.8 Å². The van der Waals surface area contributed by atoms with Gasteiger partial charge >= 0.3 is 5.97 Å².